The fourth-order valence-electron chi connectivity index (χ4n) is 2.02. The minimum atomic E-state index is -0.366. The molecule has 7 heteroatoms. The number of hydrogen-bond acceptors (Lipinski definition) is 3. The van der Waals surface area contributed by atoms with Crippen LogP contribution in [-0.4, -0.2) is 22.7 Å². The molecule has 0 saturated carbocycles. The van der Waals surface area contributed by atoms with E-state index in [4.69, 9.17) is 12.2 Å². The largest absolute Gasteiger partial charge is 0.507 e. The van der Waals surface area contributed by atoms with Crippen LogP contribution in [0.4, 0.5) is 0 Å². The molecule has 0 radical (unpaired) electrons. The van der Waals surface area contributed by atoms with Crippen molar-refractivity contribution in [3.8, 4) is 5.75 Å². The lowest BCUT2D eigenvalue weighted by molar-refractivity contribution is 0.0943. The topological polar surface area (TPSA) is 73.4 Å². The number of nitrogens with one attached hydrogen (secondary N) is 3. The fraction of sp³-hybridized carbons (Fsp3) is 0.176. The highest BCUT2D eigenvalue weighted by Crippen LogP contribution is 2.20. The molecule has 0 spiro atoms. The normalized spacial score (nSPS) is 10.0. The van der Waals surface area contributed by atoms with Gasteiger partial charge in [0, 0.05) is 12.1 Å². The molecule has 2 aromatic rings. The van der Waals surface area contributed by atoms with Crippen molar-refractivity contribution in [3.63, 3.8) is 0 Å². The zero-order valence-electron chi connectivity index (χ0n) is 12.9. The molecule has 0 aliphatic heterocycles. The van der Waals surface area contributed by atoms with Gasteiger partial charge in [-0.2, -0.15) is 0 Å². The van der Waals surface area contributed by atoms with E-state index >= 15 is 0 Å². The van der Waals surface area contributed by atoms with E-state index in [-0.39, 0.29) is 11.7 Å². The Morgan fingerprint density at radius 2 is 1.88 bits per heavy atom. The van der Waals surface area contributed by atoms with Gasteiger partial charge in [-0.05, 0) is 71.4 Å². The number of rotatable bonds is 5. The van der Waals surface area contributed by atoms with E-state index < -0.39 is 0 Å². The van der Waals surface area contributed by atoms with Gasteiger partial charge < -0.3 is 10.4 Å². The summed E-state index contributed by atoms with van der Waals surface area (Å²) in [6.07, 6.45) is 1.90. The molecule has 24 heavy (non-hydrogen) atoms. The van der Waals surface area contributed by atoms with Crippen LogP contribution < -0.4 is 16.2 Å². The second-order valence-electron chi connectivity index (χ2n) is 5.09. The van der Waals surface area contributed by atoms with E-state index in [1.54, 1.807) is 12.1 Å². The monoisotopic (exact) mass is 455 g/mol. The van der Waals surface area contributed by atoms with Crippen molar-refractivity contribution in [1.82, 2.24) is 16.2 Å². The third-order valence-electron chi connectivity index (χ3n) is 3.27. The Kier molecular flexibility index (Phi) is 7.26. The van der Waals surface area contributed by atoms with Gasteiger partial charge in [-0.25, -0.2) is 0 Å². The summed E-state index contributed by atoms with van der Waals surface area (Å²) in [6.45, 7) is 0.709. The summed E-state index contributed by atoms with van der Waals surface area (Å²) in [4.78, 5) is 12.0. The number of benzene rings is 2. The van der Waals surface area contributed by atoms with E-state index in [2.05, 4.69) is 28.3 Å². The van der Waals surface area contributed by atoms with Gasteiger partial charge in [0.15, 0.2) is 5.11 Å². The lowest BCUT2D eigenvalue weighted by Gasteiger charge is -2.12. The molecule has 0 aliphatic rings. The maximum absolute atomic E-state index is 12.0. The molecule has 0 atom stereocenters. The molecule has 0 aliphatic carbocycles. The Labute approximate surface area is 160 Å². The summed E-state index contributed by atoms with van der Waals surface area (Å²) in [5.74, 6) is -0.292. The summed E-state index contributed by atoms with van der Waals surface area (Å²) in [5.41, 5.74) is 6.79. The summed E-state index contributed by atoms with van der Waals surface area (Å²) in [7, 11) is 0. The summed E-state index contributed by atoms with van der Waals surface area (Å²) in [6, 6.07) is 14.9. The van der Waals surface area contributed by atoms with Crippen LogP contribution >= 0.6 is 34.8 Å². The summed E-state index contributed by atoms with van der Waals surface area (Å²) < 4.78 is 0.688. The van der Waals surface area contributed by atoms with E-state index in [0.29, 0.717) is 20.8 Å². The zero-order valence-corrected chi connectivity index (χ0v) is 15.9. The Morgan fingerprint density at radius 3 is 2.58 bits per heavy atom. The van der Waals surface area contributed by atoms with Crippen molar-refractivity contribution in [2.24, 2.45) is 0 Å². The lowest BCUT2D eigenvalue weighted by atomic mass is 10.1. The molecular weight excluding hydrogens is 437 g/mol. The number of halogens is 1. The van der Waals surface area contributed by atoms with Crippen LogP contribution in [0, 0.1) is 3.57 Å². The van der Waals surface area contributed by atoms with Gasteiger partial charge in [0.2, 0.25) is 0 Å². The van der Waals surface area contributed by atoms with Crippen LogP contribution in [0.5, 0.6) is 5.75 Å². The predicted octanol–water partition coefficient (Wildman–Crippen LogP) is 2.74. The lowest BCUT2D eigenvalue weighted by Crippen LogP contribution is -2.47. The third kappa shape index (κ3) is 5.97. The average molecular weight is 455 g/mol. The number of phenolic OH excluding ortho intramolecular Hbond substituents is 1. The second-order valence-corrected chi connectivity index (χ2v) is 6.66. The van der Waals surface area contributed by atoms with Gasteiger partial charge >= 0.3 is 0 Å². The van der Waals surface area contributed by atoms with Crippen LogP contribution in [0.1, 0.15) is 22.3 Å². The van der Waals surface area contributed by atoms with Crippen molar-refractivity contribution in [3.05, 3.63) is 63.2 Å². The number of carbonyl (C=O) groups is 1. The molecule has 0 heterocycles. The molecule has 4 N–H and O–H groups in total. The van der Waals surface area contributed by atoms with Crippen LogP contribution in [0.25, 0.3) is 0 Å². The summed E-state index contributed by atoms with van der Waals surface area (Å²) in [5, 5.41) is 13.0. The number of carbonyl (C=O) groups excluding carboxylic acids is 1. The standard InChI is InChI=1S/C17H18IN3O2S/c18-14-9-8-13(11-15(14)22)16(23)20-21-17(24)19-10-4-7-12-5-2-1-3-6-12/h1-3,5-6,8-9,11,22H,4,7,10H2,(H,20,23)(H2,19,21,24). The first-order chi connectivity index (χ1) is 11.6. The molecule has 2 rings (SSSR count). The first-order valence-corrected chi connectivity index (χ1v) is 8.91. The number of aromatic hydroxyl groups is 1. The molecule has 5 nitrogen and oxygen atoms in total. The van der Waals surface area contributed by atoms with Gasteiger partial charge in [-0.15, -0.1) is 0 Å². The minimum absolute atomic E-state index is 0.0739. The van der Waals surface area contributed by atoms with Crippen molar-refractivity contribution < 1.29 is 9.90 Å². The van der Waals surface area contributed by atoms with Crippen molar-refractivity contribution in [2.75, 3.05) is 6.54 Å². The highest BCUT2D eigenvalue weighted by atomic mass is 127. The second kappa shape index (κ2) is 9.43. The number of thiocarbonyl (C=S) groups is 1. The first-order valence-electron chi connectivity index (χ1n) is 7.43. The smallest absolute Gasteiger partial charge is 0.269 e. The number of hydrogen-bond donors (Lipinski definition) is 4. The zero-order chi connectivity index (χ0) is 17.4. The van der Waals surface area contributed by atoms with Gasteiger partial charge in [0.05, 0.1) is 3.57 Å². The molecule has 2 aromatic carbocycles. The number of aryl methyl sites for hydroxylation is 1. The van der Waals surface area contributed by atoms with Gasteiger partial charge in [-0.1, -0.05) is 30.3 Å². The molecule has 0 bridgehead atoms. The maximum Gasteiger partial charge on any atom is 0.269 e. The van der Waals surface area contributed by atoms with Crippen molar-refractivity contribution in [2.45, 2.75) is 12.8 Å². The summed E-state index contributed by atoms with van der Waals surface area (Å²) >= 11 is 7.10. The van der Waals surface area contributed by atoms with Crippen molar-refractivity contribution >= 4 is 45.8 Å². The van der Waals surface area contributed by atoms with Crippen LogP contribution in [0.3, 0.4) is 0 Å². The Hall–Kier alpha value is -1.87. The molecule has 1 amide bonds. The van der Waals surface area contributed by atoms with Crippen molar-refractivity contribution in [1.29, 1.82) is 0 Å². The molecule has 0 saturated heterocycles. The highest BCUT2D eigenvalue weighted by Gasteiger charge is 2.08. The predicted molar refractivity (Wildman–Crippen MR) is 107 cm³/mol. The van der Waals surface area contributed by atoms with Crippen LogP contribution in [-0.2, 0) is 6.42 Å². The van der Waals surface area contributed by atoms with E-state index in [9.17, 15) is 9.90 Å². The van der Waals surface area contributed by atoms with Crippen LogP contribution in [0.2, 0.25) is 0 Å². The molecule has 0 fully saturated rings. The SMILES string of the molecule is O=C(NNC(=S)NCCCc1ccccc1)c1ccc(I)c(O)c1. The number of hydrazine groups is 1. The van der Waals surface area contributed by atoms with E-state index in [1.807, 2.05) is 40.8 Å². The fourth-order valence-corrected chi connectivity index (χ4v) is 2.51. The average Bonchev–Trinajstić information content (AvgIpc) is 2.60. The molecule has 126 valence electrons. The quantitative estimate of drug-likeness (QED) is 0.242. The Balaban J connectivity index is 1.67. The van der Waals surface area contributed by atoms with Gasteiger partial charge in [-0.3, -0.25) is 15.6 Å². The van der Waals surface area contributed by atoms with Gasteiger partial charge in [0.1, 0.15) is 5.75 Å². The number of phenols is 1. The molecular formula is C17H18IN3O2S. The van der Waals surface area contributed by atoms with E-state index in [0.717, 1.165) is 12.8 Å². The molecule has 0 unspecified atom stereocenters. The van der Waals surface area contributed by atoms with Crippen LogP contribution in [0.15, 0.2) is 48.5 Å². The Bertz CT molecular complexity index is 710. The first kappa shape index (κ1) is 18.5. The van der Waals surface area contributed by atoms with Gasteiger partial charge in [0.25, 0.3) is 5.91 Å². The Morgan fingerprint density at radius 1 is 1.12 bits per heavy atom. The highest BCUT2D eigenvalue weighted by molar-refractivity contribution is 14.1. The number of amides is 1. The third-order valence-corrected chi connectivity index (χ3v) is 4.43. The molecule has 0 aromatic heterocycles. The van der Waals surface area contributed by atoms with E-state index in [1.165, 1.54) is 11.6 Å². The minimum Gasteiger partial charge on any atom is -0.507 e. The maximum atomic E-state index is 12.0.